The highest BCUT2D eigenvalue weighted by atomic mass is 35.5. The summed E-state index contributed by atoms with van der Waals surface area (Å²) >= 11 is 6.23. The van der Waals surface area contributed by atoms with Crippen LogP contribution in [0.4, 0.5) is 0 Å². The van der Waals surface area contributed by atoms with Crippen LogP contribution in [-0.2, 0) is 13.0 Å². The van der Waals surface area contributed by atoms with Crippen molar-refractivity contribution in [3.8, 4) is 5.75 Å². The highest BCUT2D eigenvalue weighted by Crippen LogP contribution is 2.25. The molecule has 4 heteroatoms. The summed E-state index contributed by atoms with van der Waals surface area (Å²) in [6.07, 6.45) is 0.766. The third kappa shape index (κ3) is 3.64. The first-order chi connectivity index (χ1) is 14.8. The van der Waals surface area contributed by atoms with Crippen molar-refractivity contribution in [2.24, 2.45) is 0 Å². The van der Waals surface area contributed by atoms with E-state index in [4.69, 9.17) is 21.3 Å². The zero-order valence-electron chi connectivity index (χ0n) is 16.5. The van der Waals surface area contributed by atoms with Gasteiger partial charge in [-0.15, -0.1) is 0 Å². The molecule has 0 spiro atoms. The van der Waals surface area contributed by atoms with Gasteiger partial charge in [-0.3, -0.25) is 0 Å². The Labute approximate surface area is 180 Å². The molecule has 0 fully saturated rings. The Hall–Kier alpha value is -3.30. The Morgan fingerprint density at radius 1 is 0.800 bits per heavy atom. The third-order valence-electron chi connectivity index (χ3n) is 5.37. The number of nitrogens with zero attached hydrogens (tertiary/aromatic N) is 2. The number of ether oxygens (including phenoxy) is 1. The van der Waals surface area contributed by atoms with Gasteiger partial charge in [-0.05, 0) is 40.6 Å². The van der Waals surface area contributed by atoms with Crippen LogP contribution in [-0.4, -0.2) is 16.2 Å². The Morgan fingerprint density at radius 3 is 2.50 bits per heavy atom. The number of para-hydroxylation sites is 3. The predicted octanol–water partition coefficient (Wildman–Crippen LogP) is 6.51. The number of hydrogen-bond acceptors (Lipinski definition) is 2. The number of benzene rings is 4. The highest BCUT2D eigenvalue weighted by molar-refractivity contribution is 6.32. The highest BCUT2D eigenvalue weighted by Gasteiger charge is 2.13. The molecule has 0 saturated carbocycles. The molecule has 5 rings (SSSR count). The minimum Gasteiger partial charge on any atom is -0.490 e. The minimum absolute atomic E-state index is 0.520. The van der Waals surface area contributed by atoms with Crippen molar-refractivity contribution in [2.75, 3.05) is 6.61 Å². The lowest BCUT2D eigenvalue weighted by Gasteiger charge is -2.12. The molecule has 5 aromatic rings. The molecule has 0 atom stereocenters. The number of hydrogen-bond donors (Lipinski definition) is 0. The molecular weight excluding hydrogens is 392 g/mol. The van der Waals surface area contributed by atoms with Gasteiger partial charge in [0.1, 0.15) is 18.2 Å². The molecule has 0 amide bonds. The summed E-state index contributed by atoms with van der Waals surface area (Å²) in [5, 5.41) is 3.15. The van der Waals surface area contributed by atoms with Crippen LogP contribution >= 0.6 is 11.6 Å². The standard InChI is InChI=1S/C26H21ClN2O/c27-22-12-3-6-15-25(22)30-17-16-29-24-14-5-4-13-23(24)28-26(29)18-20-10-7-9-19-8-1-2-11-21(19)20/h1-15H,16-18H2. The molecule has 30 heavy (non-hydrogen) atoms. The third-order valence-corrected chi connectivity index (χ3v) is 5.68. The van der Waals surface area contributed by atoms with Gasteiger partial charge in [0.25, 0.3) is 0 Å². The van der Waals surface area contributed by atoms with Gasteiger partial charge in [0.05, 0.1) is 22.6 Å². The van der Waals surface area contributed by atoms with Gasteiger partial charge < -0.3 is 9.30 Å². The number of rotatable bonds is 6. The van der Waals surface area contributed by atoms with E-state index in [1.807, 2.05) is 30.3 Å². The normalized spacial score (nSPS) is 11.2. The smallest absolute Gasteiger partial charge is 0.137 e. The van der Waals surface area contributed by atoms with Crippen LogP contribution in [0.25, 0.3) is 21.8 Å². The maximum atomic E-state index is 6.23. The molecule has 0 unspecified atom stereocenters. The second-order valence-electron chi connectivity index (χ2n) is 7.26. The molecular formula is C26H21ClN2O. The maximum Gasteiger partial charge on any atom is 0.137 e. The van der Waals surface area contributed by atoms with E-state index < -0.39 is 0 Å². The summed E-state index contributed by atoms with van der Waals surface area (Å²) < 4.78 is 8.21. The van der Waals surface area contributed by atoms with Gasteiger partial charge in [0, 0.05) is 6.42 Å². The van der Waals surface area contributed by atoms with Crippen LogP contribution in [0.2, 0.25) is 5.02 Å². The summed E-state index contributed by atoms with van der Waals surface area (Å²) in [6, 6.07) is 30.8. The first-order valence-corrected chi connectivity index (χ1v) is 10.5. The molecule has 0 aliphatic heterocycles. The molecule has 0 bridgehead atoms. The van der Waals surface area contributed by atoms with Crippen molar-refractivity contribution in [1.82, 2.24) is 9.55 Å². The summed E-state index contributed by atoms with van der Waals surface area (Å²) in [5.41, 5.74) is 3.40. The first kappa shape index (κ1) is 18.7. The van der Waals surface area contributed by atoms with Crippen LogP contribution < -0.4 is 4.74 Å². The first-order valence-electron chi connectivity index (χ1n) is 10.1. The van der Waals surface area contributed by atoms with Gasteiger partial charge in [-0.2, -0.15) is 0 Å². The molecule has 0 radical (unpaired) electrons. The van der Waals surface area contributed by atoms with Gasteiger partial charge >= 0.3 is 0 Å². The van der Waals surface area contributed by atoms with E-state index in [2.05, 4.69) is 65.2 Å². The van der Waals surface area contributed by atoms with Gasteiger partial charge in [0.15, 0.2) is 0 Å². The van der Waals surface area contributed by atoms with E-state index in [0.717, 1.165) is 23.3 Å². The molecule has 4 aromatic carbocycles. The Kier molecular flexibility index (Phi) is 5.12. The Morgan fingerprint density at radius 2 is 1.57 bits per heavy atom. The predicted molar refractivity (Wildman–Crippen MR) is 123 cm³/mol. The van der Waals surface area contributed by atoms with E-state index in [0.29, 0.717) is 23.9 Å². The Bertz CT molecular complexity index is 1320. The molecule has 148 valence electrons. The average Bonchev–Trinajstić information content (AvgIpc) is 3.12. The average molecular weight is 413 g/mol. The lowest BCUT2D eigenvalue weighted by Crippen LogP contribution is -2.12. The molecule has 0 N–H and O–H groups in total. The van der Waals surface area contributed by atoms with Crippen molar-refractivity contribution in [3.05, 3.63) is 107 Å². The minimum atomic E-state index is 0.520. The second kappa shape index (κ2) is 8.21. The van der Waals surface area contributed by atoms with E-state index in [-0.39, 0.29) is 0 Å². The van der Waals surface area contributed by atoms with Crippen LogP contribution in [0, 0.1) is 0 Å². The van der Waals surface area contributed by atoms with Crippen molar-refractivity contribution in [2.45, 2.75) is 13.0 Å². The van der Waals surface area contributed by atoms with Crippen LogP contribution in [0.15, 0.2) is 91.0 Å². The summed E-state index contributed by atoms with van der Waals surface area (Å²) in [7, 11) is 0. The molecule has 1 aromatic heterocycles. The SMILES string of the molecule is Clc1ccccc1OCCn1c(Cc2cccc3ccccc23)nc2ccccc21. The lowest BCUT2D eigenvalue weighted by atomic mass is 10.0. The molecule has 0 saturated heterocycles. The van der Waals surface area contributed by atoms with Crippen LogP contribution in [0.1, 0.15) is 11.4 Å². The van der Waals surface area contributed by atoms with Crippen LogP contribution in [0.5, 0.6) is 5.75 Å². The van der Waals surface area contributed by atoms with Gasteiger partial charge in [-0.25, -0.2) is 4.98 Å². The van der Waals surface area contributed by atoms with E-state index in [9.17, 15) is 0 Å². The van der Waals surface area contributed by atoms with E-state index >= 15 is 0 Å². The van der Waals surface area contributed by atoms with E-state index in [1.54, 1.807) is 0 Å². The topological polar surface area (TPSA) is 27.1 Å². The molecule has 0 aliphatic carbocycles. The molecule has 0 aliphatic rings. The maximum absolute atomic E-state index is 6.23. The summed E-state index contributed by atoms with van der Waals surface area (Å²) in [5.74, 6) is 1.74. The molecule has 3 nitrogen and oxygen atoms in total. The zero-order chi connectivity index (χ0) is 20.3. The Balaban J connectivity index is 1.47. The van der Waals surface area contributed by atoms with Crippen molar-refractivity contribution in [3.63, 3.8) is 0 Å². The lowest BCUT2D eigenvalue weighted by molar-refractivity contribution is 0.298. The van der Waals surface area contributed by atoms with Gasteiger partial charge in [0.2, 0.25) is 0 Å². The number of fused-ring (bicyclic) bond motifs is 2. The van der Waals surface area contributed by atoms with Crippen molar-refractivity contribution < 1.29 is 4.74 Å². The number of aromatic nitrogens is 2. The molecule has 1 heterocycles. The van der Waals surface area contributed by atoms with E-state index in [1.165, 1.54) is 16.3 Å². The zero-order valence-corrected chi connectivity index (χ0v) is 17.2. The van der Waals surface area contributed by atoms with Crippen molar-refractivity contribution in [1.29, 1.82) is 0 Å². The monoisotopic (exact) mass is 412 g/mol. The second-order valence-corrected chi connectivity index (χ2v) is 7.67. The largest absolute Gasteiger partial charge is 0.490 e. The summed E-state index contributed by atoms with van der Waals surface area (Å²) in [4.78, 5) is 4.94. The van der Waals surface area contributed by atoms with Crippen LogP contribution in [0.3, 0.4) is 0 Å². The summed E-state index contributed by atoms with van der Waals surface area (Å²) in [6.45, 7) is 1.22. The number of halogens is 1. The fourth-order valence-electron chi connectivity index (χ4n) is 3.94. The van der Waals surface area contributed by atoms with Crippen molar-refractivity contribution >= 4 is 33.4 Å². The number of imidazole rings is 1. The fourth-order valence-corrected chi connectivity index (χ4v) is 4.13. The fraction of sp³-hybridized carbons (Fsp3) is 0.115. The quantitative estimate of drug-likeness (QED) is 0.317. The van der Waals surface area contributed by atoms with Gasteiger partial charge in [-0.1, -0.05) is 78.3 Å².